The molecule has 0 aliphatic carbocycles. The van der Waals surface area contributed by atoms with E-state index in [1.165, 1.54) is 12.1 Å². The molecule has 0 amide bonds. The average molecular weight is 246 g/mol. The number of hydrogen-bond donors (Lipinski definition) is 0. The molecule has 0 saturated heterocycles. The first-order chi connectivity index (χ1) is 8.72. The summed E-state index contributed by atoms with van der Waals surface area (Å²) < 4.78 is 32.0. The molecule has 1 nitrogen and oxygen atoms in total. The summed E-state index contributed by atoms with van der Waals surface area (Å²) in [5.74, 6) is -1.02. The molecule has 0 bridgehead atoms. The first kappa shape index (κ1) is 12.3. The zero-order chi connectivity index (χ0) is 13.0. The maximum Gasteiger partial charge on any atom is 0.166 e. The Hall–Kier alpha value is -2.16. The van der Waals surface area contributed by atoms with Crippen LogP contribution in [0.15, 0.2) is 55.1 Å². The highest BCUT2D eigenvalue weighted by atomic mass is 19.2. The zero-order valence-electron chi connectivity index (χ0n) is 9.70. The molecule has 2 aromatic rings. The summed E-state index contributed by atoms with van der Waals surface area (Å²) in [5, 5.41) is 0. The summed E-state index contributed by atoms with van der Waals surface area (Å²) in [4.78, 5) is 0. The fourth-order valence-corrected chi connectivity index (χ4v) is 1.61. The van der Waals surface area contributed by atoms with Crippen molar-refractivity contribution in [2.75, 3.05) is 6.61 Å². The van der Waals surface area contributed by atoms with Crippen LogP contribution in [0.1, 0.15) is 0 Å². The Morgan fingerprint density at radius 2 is 1.78 bits per heavy atom. The van der Waals surface area contributed by atoms with Gasteiger partial charge in [-0.05, 0) is 23.8 Å². The van der Waals surface area contributed by atoms with Gasteiger partial charge in [-0.25, -0.2) is 8.78 Å². The molecule has 18 heavy (non-hydrogen) atoms. The Balaban J connectivity index is 2.28. The summed E-state index contributed by atoms with van der Waals surface area (Å²) >= 11 is 0. The van der Waals surface area contributed by atoms with E-state index in [0.717, 1.165) is 6.07 Å². The van der Waals surface area contributed by atoms with Crippen LogP contribution in [0, 0.1) is 11.6 Å². The van der Waals surface area contributed by atoms with Gasteiger partial charge in [0.05, 0.1) is 0 Å². The molecular formula is C15H12F2O. The summed E-state index contributed by atoms with van der Waals surface area (Å²) in [7, 11) is 0. The Morgan fingerprint density at radius 3 is 2.44 bits per heavy atom. The number of halogens is 2. The van der Waals surface area contributed by atoms with Crippen molar-refractivity contribution in [3.63, 3.8) is 0 Å². The van der Waals surface area contributed by atoms with E-state index in [9.17, 15) is 8.78 Å². The van der Waals surface area contributed by atoms with Gasteiger partial charge < -0.3 is 4.74 Å². The topological polar surface area (TPSA) is 9.23 Å². The van der Waals surface area contributed by atoms with E-state index in [4.69, 9.17) is 4.74 Å². The van der Waals surface area contributed by atoms with Crippen molar-refractivity contribution in [1.29, 1.82) is 0 Å². The lowest BCUT2D eigenvalue weighted by molar-refractivity contribution is 0.363. The Kier molecular flexibility index (Phi) is 3.72. The second-order valence-corrected chi connectivity index (χ2v) is 3.73. The summed E-state index contributed by atoms with van der Waals surface area (Å²) in [6, 6.07) is 10.9. The molecule has 0 radical (unpaired) electrons. The highest BCUT2D eigenvalue weighted by Gasteiger charge is 2.09. The van der Waals surface area contributed by atoms with E-state index in [0.29, 0.717) is 17.9 Å². The molecule has 2 rings (SSSR count). The molecule has 0 heterocycles. The Bertz CT molecular complexity index is 547. The van der Waals surface area contributed by atoms with Crippen LogP contribution in [0.5, 0.6) is 5.75 Å². The maximum atomic E-state index is 13.6. The van der Waals surface area contributed by atoms with Gasteiger partial charge in [0.15, 0.2) is 11.6 Å². The van der Waals surface area contributed by atoms with E-state index < -0.39 is 11.6 Å². The van der Waals surface area contributed by atoms with Gasteiger partial charge in [0.2, 0.25) is 0 Å². The van der Waals surface area contributed by atoms with Crippen molar-refractivity contribution < 1.29 is 13.5 Å². The number of benzene rings is 2. The van der Waals surface area contributed by atoms with E-state index in [-0.39, 0.29) is 5.56 Å². The molecule has 0 atom stereocenters. The first-order valence-corrected chi connectivity index (χ1v) is 5.50. The molecular weight excluding hydrogens is 234 g/mol. The third-order valence-electron chi connectivity index (χ3n) is 2.48. The van der Waals surface area contributed by atoms with Gasteiger partial charge in [-0.3, -0.25) is 0 Å². The number of rotatable bonds is 4. The van der Waals surface area contributed by atoms with Crippen LogP contribution in [0.25, 0.3) is 11.1 Å². The lowest BCUT2D eigenvalue weighted by Crippen LogP contribution is -1.93. The van der Waals surface area contributed by atoms with E-state index in [2.05, 4.69) is 6.58 Å². The van der Waals surface area contributed by atoms with E-state index >= 15 is 0 Å². The Labute approximate surface area is 104 Å². The highest BCUT2D eigenvalue weighted by molar-refractivity contribution is 5.64. The van der Waals surface area contributed by atoms with Gasteiger partial charge in [-0.1, -0.05) is 36.9 Å². The molecule has 0 N–H and O–H groups in total. The average Bonchev–Trinajstić information content (AvgIpc) is 2.40. The summed E-state index contributed by atoms with van der Waals surface area (Å²) in [5.41, 5.74) is 0.850. The van der Waals surface area contributed by atoms with Crippen LogP contribution >= 0.6 is 0 Å². The second kappa shape index (κ2) is 5.45. The second-order valence-electron chi connectivity index (χ2n) is 3.73. The van der Waals surface area contributed by atoms with Gasteiger partial charge in [0.25, 0.3) is 0 Å². The molecule has 0 spiro atoms. The van der Waals surface area contributed by atoms with Crippen LogP contribution in [0.2, 0.25) is 0 Å². The minimum atomic E-state index is -0.848. The van der Waals surface area contributed by atoms with Gasteiger partial charge in [0.1, 0.15) is 12.4 Å². The largest absolute Gasteiger partial charge is 0.490 e. The monoisotopic (exact) mass is 246 g/mol. The van der Waals surface area contributed by atoms with Crippen molar-refractivity contribution in [1.82, 2.24) is 0 Å². The van der Waals surface area contributed by atoms with E-state index in [1.807, 2.05) is 0 Å². The molecule has 0 fully saturated rings. The first-order valence-electron chi connectivity index (χ1n) is 5.50. The third-order valence-corrected chi connectivity index (χ3v) is 2.48. The van der Waals surface area contributed by atoms with Gasteiger partial charge >= 0.3 is 0 Å². The predicted octanol–water partition coefficient (Wildman–Crippen LogP) is 4.20. The SMILES string of the molecule is C=CCOc1ccc(-c2cccc(F)c2F)cc1. The van der Waals surface area contributed by atoms with Gasteiger partial charge in [-0.2, -0.15) is 0 Å². The van der Waals surface area contributed by atoms with Crippen LogP contribution in [-0.2, 0) is 0 Å². The van der Waals surface area contributed by atoms with Crippen molar-refractivity contribution >= 4 is 0 Å². The Morgan fingerprint density at radius 1 is 1.06 bits per heavy atom. The smallest absolute Gasteiger partial charge is 0.166 e. The molecule has 3 heteroatoms. The van der Waals surface area contributed by atoms with Crippen LogP contribution in [0.3, 0.4) is 0 Å². The molecule has 0 aliphatic rings. The summed E-state index contributed by atoms with van der Waals surface area (Å²) in [6.45, 7) is 3.96. The van der Waals surface area contributed by atoms with E-state index in [1.54, 1.807) is 30.3 Å². The van der Waals surface area contributed by atoms with Gasteiger partial charge in [0, 0.05) is 5.56 Å². The van der Waals surface area contributed by atoms with Crippen LogP contribution in [0.4, 0.5) is 8.78 Å². The molecule has 0 aromatic heterocycles. The standard InChI is InChI=1S/C15H12F2O/c1-2-10-18-12-8-6-11(7-9-12)13-4-3-5-14(16)15(13)17/h2-9H,1,10H2. The zero-order valence-corrected chi connectivity index (χ0v) is 9.70. The lowest BCUT2D eigenvalue weighted by Gasteiger charge is -2.06. The summed E-state index contributed by atoms with van der Waals surface area (Å²) in [6.07, 6.45) is 1.64. The van der Waals surface area contributed by atoms with Crippen LogP contribution in [-0.4, -0.2) is 6.61 Å². The number of hydrogen-bond acceptors (Lipinski definition) is 1. The maximum absolute atomic E-state index is 13.6. The fourth-order valence-electron chi connectivity index (χ4n) is 1.61. The minimum absolute atomic E-state index is 0.241. The molecule has 2 aromatic carbocycles. The van der Waals surface area contributed by atoms with Crippen LogP contribution < -0.4 is 4.74 Å². The lowest BCUT2D eigenvalue weighted by atomic mass is 10.0. The predicted molar refractivity (Wildman–Crippen MR) is 67.5 cm³/mol. The third kappa shape index (κ3) is 2.56. The normalized spacial score (nSPS) is 10.1. The number of ether oxygens (including phenoxy) is 1. The molecule has 92 valence electrons. The fraction of sp³-hybridized carbons (Fsp3) is 0.0667. The van der Waals surface area contributed by atoms with Crippen molar-refractivity contribution in [3.8, 4) is 16.9 Å². The van der Waals surface area contributed by atoms with Gasteiger partial charge in [-0.15, -0.1) is 0 Å². The molecule has 0 aliphatic heterocycles. The van der Waals surface area contributed by atoms with Crippen molar-refractivity contribution in [3.05, 3.63) is 66.8 Å². The molecule has 0 saturated carbocycles. The molecule has 0 unspecified atom stereocenters. The van der Waals surface area contributed by atoms with Crippen molar-refractivity contribution in [2.45, 2.75) is 0 Å². The highest BCUT2D eigenvalue weighted by Crippen LogP contribution is 2.26. The minimum Gasteiger partial charge on any atom is -0.490 e. The van der Waals surface area contributed by atoms with Crippen molar-refractivity contribution in [2.24, 2.45) is 0 Å². The quantitative estimate of drug-likeness (QED) is 0.735.